The number of hydrogen-bond donors (Lipinski definition) is 2. The normalized spacial score (nSPS) is 10.4. The van der Waals surface area contributed by atoms with E-state index >= 15 is 0 Å². The van der Waals surface area contributed by atoms with Crippen LogP contribution in [-0.2, 0) is 0 Å². The first-order valence-corrected chi connectivity index (χ1v) is 7.28. The van der Waals surface area contributed by atoms with Crippen molar-refractivity contribution >= 4 is 29.0 Å². The van der Waals surface area contributed by atoms with Crippen molar-refractivity contribution in [2.75, 3.05) is 5.32 Å². The number of aromatic nitrogens is 2. The van der Waals surface area contributed by atoms with Crippen LogP contribution in [0.4, 0.5) is 11.5 Å². The van der Waals surface area contributed by atoms with E-state index in [1.54, 1.807) is 6.07 Å². The van der Waals surface area contributed by atoms with E-state index in [4.69, 9.17) is 11.6 Å². The Morgan fingerprint density at radius 1 is 1.17 bits per heavy atom. The van der Waals surface area contributed by atoms with Crippen LogP contribution in [-0.4, -0.2) is 21.0 Å². The lowest BCUT2D eigenvalue weighted by molar-refractivity contribution is -0.384. The molecular weight excluding hydrogens is 332 g/mol. The van der Waals surface area contributed by atoms with Gasteiger partial charge >= 0.3 is 0 Å². The number of nitro groups is 1. The Hall–Kier alpha value is -3.19. The maximum absolute atomic E-state index is 12.3. The van der Waals surface area contributed by atoms with E-state index in [1.165, 1.54) is 12.1 Å². The second-order valence-corrected chi connectivity index (χ2v) is 5.32. The lowest BCUT2D eigenvalue weighted by atomic mass is 10.1. The van der Waals surface area contributed by atoms with Crippen LogP contribution in [0.5, 0.6) is 0 Å². The highest BCUT2D eigenvalue weighted by Gasteiger charge is 2.17. The Bertz CT molecular complexity index is 909. The van der Waals surface area contributed by atoms with Gasteiger partial charge in [0.1, 0.15) is 0 Å². The first-order chi connectivity index (χ1) is 11.5. The monoisotopic (exact) mass is 342 g/mol. The number of benzene rings is 2. The smallest absolute Gasteiger partial charge is 0.270 e. The highest BCUT2D eigenvalue weighted by Crippen LogP contribution is 2.24. The fraction of sp³-hybridized carbons (Fsp3) is 0. The fourth-order valence-electron chi connectivity index (χ4n) is 2.14. The number of amides is 1. The summed E-state index contributed by atoms with van der Waals surface area (Å²) >= 11 is 5.95. The molecule has 2 N–H and O–H groups in total. The van der Waals surface area contributed by atoms with Gasteiger partial charge in [-0.2, -0.15) is 5.10 Å². The van der Waals surface area contributed by atoms with Crippen molar-refractivity contribution in [1.82, 2.24) is 10.2 Å². The van der Waals surface area contributed by atoms with Crippen molar-refractivity contribution < 1.29 is 9.72 Å². The van der Waals surface area contributed by atoms with Crippen LogP contribution in [0.15, 0.2) is 54.6 Å². The molecule has 0 aliphatic carbocycles. The molecule has 1 heterocycles. The molecule has 1 amide bonds. The summed E-state index contributed by atoms with van der Waals surface area (Å²) in [6, 6.07) is 14.8. The molecular formula is C16H11ClN4O3. The quantitative estimate of drug-likeness (QED) is 0.554. The lowest BCUT2D eigenvalue weighted by Gasteiger charge is -2.04. The number of nitrogens with one attached hydrogen (secondary N) is 2. The number of aromatic amines is 1. The molecule has 0 unspecified atom stereocenters. The van der Waals surface area contributed by atoms with Crippen LogP contribution >= 0.6 is 11.6 Å². The molecule has 120 valence electrons. The average molecular weight is 343 g/mol. The molecule has 7 nitrogen and oxygen atoms in total. The minimum Gasteiger partial charge on any atom is -0.305 e. The predicted molar refractivity (Wildman–Crippen MR) is 90.1 cm³/mol. The number of H-pyrrole nitrogens is 1. The zero-order valence-corrected chi connectivity index (χ0v) is 12.9. The number of non-ortho nitro benzene ring substituents is 1. The zero-order chi connectivity index (χ0) is 17.1. The van der Waals surface area contributed by atoms with Gasteiger partial charge in [0.2, 0.25) is 0 Å². The summed E-state index contributed by atoms with van der Waals surface area (Å²) in [5.41, 5.74) is 1.45. The summed E-state index contributed by atoms with van der Waals surface area (Å²) in [5, 5.41) is 20.3. The van der Waals surface area contributed by atoms with Crippen LogP contribution in [0.1, 0.15) is 10.4 Å². The average Bonchev–Trinajstić information content (AvgIpc) is 3.04. The molecule has 0 fully saturated rings. The van der Waals surface area contributed by atoms with Crippen LogP contribution in [0.25, 0.3) is 11.3 Å². The summed E-state index contributed by atoms with van der Waals surface area (Å²) in [6.07, 6.45) is 0. The van der Waals surface area contributed by atoms with E-state index in [9.17, 15) is 14.9 Å². The second-order valence-electron chi connectivity index (χ2n) is 4.91. The van der Waals surface area contributed by atoms with E-state index in [1.807, 2.05) is 30.3 Å². The molecule has 0 atom stereocenters. The highest BCUT2D eigenvalue weighted by molar-refractivity contribution is 6.34. The molecule has 3 aromatic rings. The number of rotatable bonds is 4. The van der Waals surface area contributed by atoms with Gasteiger partial charge in [0.25, 0.3) is 11.6 Å². The van der Waals surface area contributed by atoms with Crippen LogP contribution in [0, 0.1) is 10.1 Å². The Labute approximate surface area is 141 Å². The second kappa shape index (κ2) is 6.51. The van der Waals surface area contributed by atoms with Gasteiger partial charge in [0.15, 0.2) is 5.82 Å². The standard InChI is InChI=1S/C16H11ClN4O3/c17-13-7-6-11(21(23)24)8-12(13)16(22)18-15-9-14(19-20-15)10-4-2-1-3-5-10/h1-9H,(H2,18,19,20,22). The molecule has 8 heteroatoms. The molecule has 2 aromatic carbocycles. The maximum atomic E-state index is 12.3. The van der Waals surface area contributed by atoms with Gasteiger partial charge in [-0.05, 0) is 11.6 Å². The number of carbonyl (C=O) groups excluding carboxylic acids is 1. The van der Waals surface area contributed by atoms with E-state index in [-0.39, 0.29) is 16.3 Å². The number of nitrogens with zero attached hydrogens (tertiary/aromatic N) is 2. The Morgan fingerprint density at radius 3 is 2.62 bits per heavy atom. The van der Waals surface area contributed by atoms with Crippen molar-refractivity contribution in [3.63, 3.8) is 0 Å². The van der Waals surface area contributed by atoms with Gasteiger partial charge in [0, 0.05) is 18.2 Å². The highest BCUT2D eigenvalue weighted by atomic mass is 35.5. The van der Waals surface area contributed by atoms with Crippen molar-refractivity contribution in [3.8, 4) is 11.3 Å². The maximum Gasteiger partial charge on any atom is 0.270 e. The first kappa shape index (κ1) is 15.7. The molecule has 0 aliphatic heterocycles. The molecule has 0 aliphatic rings. The summed E-state index contributed by atoms with van der Waals surface area (Å²) < 4.78 is 0. The van der Waals surface area contributed by atoms with Gasteiger partial charge in [-0.15, -0.1) is 0 Å². The van der Waals surface area contributed by atoms with Crippen molar-refractivity contribution in [2.45, 2.75) is 0 Å². The van der Waals surface area contributed by atoms with Crippen LogP contribution in [0.2, 0.25) is 5.02 Å². The van der Waals surface area contributed by atoms with Crippen LogP contribution in [0.3, 0.4) is 0 Å². The van der Waals surface area contributed by atoms with Gasteiger partial charge in [-0.1, -0.05) is 41.9 Å². The number of anilines is 1. The van der Waals surface area contributed by atoms with Crippen molar-refractivity contribution in [1.29, 1.82) is 0 Å². The molecule has 0 bridgehead atoms. The number of hydrogen-bond acceptors (Lipinski definition) is 4. The SMILES string of the molecule is O=C(Nc1cc(-c2ccccc2)[nH]n1)c1cc([N+](=O)[O-])ccc1Cl. The van der Waals surface area contributed by atoms with E-state index in [0.29, 0.717) is 5.82 Å². The summed E-state index contributed by atoms with van der Waals surface area (Å²) in [6.45, 7) is 0. The van der Waals surface area contributed by atoms with Crippen LogP contribution < -0.4 is 5.32 Å². The van der Waals surface area contributed by atoms with E-state index in [2.05, 4.69) is 15.5 Å². The zero-order valence-electron chi connectivity index (χ0n) is 12.2. The van der Waals surface area contributed by atoms with Crippen molar-refractivity contribution in [2.24, 2.45) is 0 Å². The summed E-state index contributed by atoms with van der Waals surface area (Å²) in [4.78, 5) is 22.5. The molecule has 1 aromatic heterocycles. The molecule has 0 radical (unpaired) electrons. The van der Waals surface area contributed by atoms with Gasteiger partial charge < -0.3 is 5.32 Å². The largest absolute Gasteiger partial charge is 0.305 e. The lowest BCUT2D eigenvalue weighted by Crippen LogP contribution is -2.13. The van der Waals surface area contributed by atoms with Gasteiger partial charge in [-0.3, -0.25) is 20.0 Å². The third-order valence-electron chi connectivity index (χ3n) is 3.31. The third kappa shape index (κ3) is 3.26. The fourth-order valence-corrected chi connectivity index (χ4v) is 2.34. The van der Waals surface area contributed by atoms with Crippen molar-refractivity contribution in [3.05, 3.63) is 75.3 Å². The molecule has 0 saturated heterocycles. The minimum atomic E-state index is -0.588. The number of carbonyl (C=O) groups is 1. The Balaban J connectivity index is 1.82. The topological polar surface area (TPSA) is 101 Å². The van der Waals surface area contributed by atoms with E-state index in [0.717, 1.165) is 17.3 Å². The molecule has 24 heavy (non-hydrogen) atoms. The van der Waals surface area contributed by atoms with E-state index < -0.39 is 10.8 Å². The summed E-state index contributed by atoms with van der Waals surface area (Å²) in [5.74, 6) is -0.281. The molecule has 3 rings (SSSR count). The summed E-state index contributed by atoms with van der Waals surface area (Å²) in [7, 11) is 0. The first-order valence-electron chi connectivity index (χ1n) is 6.91. The Kier molecular flexibility index (Phi) is 4.26. The van der Waals surface area contributed by atoms with Gasteiger partial charge in [-0.25, -0.2) is 0 Å². The predicted octanol–water partition coefficient (Wildman–Crippen LogP) is 3.89. The number of nitro benzene ring substituents is 1. The minimum absolute atomic E-state index is 0.00938. The third-order valence-corrected chi connectivity index (χ3v) is 3.64. The number of halogens is 1. The Morgan fingerprint density at radius 2 is 1.92 bits per heavy atom. The van der Waals surface area contributed by atoms with Gasteiger partial charge in [0.05, 0.1) is 21.2 Å². The molecule has 0 saturated carbocycles. The molecule has 0 spiro atoms.